The number of allylic oxidation sites excluding steroid dienone is 2. The molecule has 10 nitrogen and oxygen atoms in total. The standard InChI is InChI=1S/C33H48O10/c1-10-16(2)27(41-19(5)35)18(4)20-13-21(36)25-26(38)28-31(8,43-29(25)33(20,40)15-17(3)34)12-11-23-32(28,9)22(37)14-24(42-23)30(6,7)39/h10,13,18,22-24,26-28,37-40H,11-12,14-15H2,1-9H3/b16-10+/t18-,22-,23+,24+,26+,27+,28-,31+,32-,33-/m0/s1. The van der Waals surface area contributed by atoms with Gasteiger partial charge in [0.25, 0.3) is 0 Å². The van der Waals surface area contributed by atoms with Crippen molar-refractivity contribution in [2.75, 3.05) is 0 Å². The molecule has 0 aromatic heterocycles. The number of hydrogen-bond donors (Lipinski definition) is 4. The summed E-state index contributed by atoms with van der Waals surface area (Å²) in [6, 6.07) is 0. The van der Waals surface area contributed by atoms with Crippen molar-refractivity contribution >= 4 is 17.5 Å². The molecule has 1 saturated carbocycles. The molecule has 2 aliphatic heterocycles. The van der Waals surface area contributed by atoms with Crippen LogP contribution in [0.4, 0.5) is 0 Å². The molecule has 43 heavy (non-hydrogen) atoms. The van der Waals surface area contributed by atoms with Crippen LogP contribution in [0.2, 0.25) is 0 Å². The van der Waals surface area contributed by atoms with E-state index in [9.17, 15) is 34.8 Å². The van der Waals surface area contributed by atoms with Gasteiger partial charge in [-0.3, -0.25) is 14.4 Å². The maximum absolute atomic E-state index is 13.9. The second-order valence-corrected chi connectivity index (χ2v) is 14.1. The number of aliphatic hydroxyl groups is 4. The third-order valence-electron chi connectivity index (χ3n) is 10.4. The van der Waals surface area contributed by atoms with Crippen LogP contribution in [0.3, 0.4) is 0 Å². The third-order valence-corrected chi connectivity index (χ3v) is 10.4. The average Bonchev–Trinajstić information content (AvgIpc) is 2.87. The van der Waals surface area contributed by atoms with Gasteiger partial charge in [-0.15, -0.1) is 0 Å². The van der Waals surface area contributed by atoms with Gasteiger partial charge >= 0.3 is 5.97 Å². The van der Waals surface area contributed by atoms with Gasteiger partial charge in [0.15, 0.2) is 11.4 Å². The Hall–Kier alpha value is -2.37. The molecular formula is C33H48O10. The molecule has 240 valence electrons. The maximum Gasteiger partial charge on any atom is 0.303 e. The number of esters is 1. The Bertz CT molecular complexity index is 1270. The number of ether oxygens (including phenoxy) is 3. The van der Waals surface area contributed by atoms with E-state index in [0.29, 0.717) is 18.4 Å². The average molecular weight is 605 g/mol. The summed E-state index contributed by atoms with van der Waals surface area (Å²) in [4.78, 5) is 38.6. The van der Waals surface area contributed by atoms with Crippen molar-refractivity contribution in [3.63, 3.8) is 0 Å². The number of aliphatic hydroxyl groups excluding tert-OH is 2. The Morgan fingerprint density at radius 3 is 2.37 bits per heavy atom. The van der Waals surface area contributed by atoms with Gasteiger partial charge in [0.2, 0.25) is 0 Å². The van der Waals surface area contributed by atoms with Crippen LogP contribution in [0.25, 0.3) is 0 Å². The minimum Gasteiger partial charge on any atom is -0.487 e. The van der Waals surface area contributed by atoms with Crippen LogP contribution >= 0.6 is 0 Å². The van der Waals surface area contributed by atoms with Gasteiger partial charge in [-0.1, -0.05) is 19.9 Å². The Labute approximate surface area is 253 Å². The molecule has 0 radical (unpaired) electrons. The van der Waals surface area contributed by atoms with Crippen molar-refractivity contribution in [3.8, 4) is 0 Å². The molecule has 4 N–H and O–H groups in total. The van der Waals surface area contributed by atoms with E-state index in [4.69, 9.17) is 14.2 Å². The third kappa shape index (κ3) is 5.43. The zero-order valence-corrected chi connectivity index (χ0v) is 26.8. The summed E-state index contributed by atoms with van der Waals surface area (Å²) < 4.78 is 18.6. The number of hydrogen-bond acceptors (Lipinski definition) is 10. The lowest BCUT2D eigenvalue weighted by Crippen LogP contribution is -2.70. The molecule has 0 spiro atoms. The molecule has 10 heteroatoms. The van der Waals surface area contributed by atoms with Gasteiger partial charge in [-0.2, -0.15) is 0 Å². The highest BCUT2D eigenvalue weighted by atomic mass is 16.5. The van der Waals surface area contributed by atoms with E-state index in [1.54, 1.807) is 47.6 Å². The van der Waals surface area contributed by atoms with Crippen LogP contribution in [0, 0.1) is 17.3 Å². The normalized spacial score (nSPS) is 39.5. The molecule has 2 fully saturated rings. The highest BCUT2D eigenvalue weighted by molar-refractivity contribution is 6.08. The first-order valence-electron chi connectivity index (χ1n) is 15.2. The molecule has 0 amide bonds. The van der Waals surface area contributed by atoms with Gasteiger partial charge < -0.3 is 34.6 Å². The van der Waals surface area contributed by atoms with Gasteiger partial charge in [-0.05, 0) is 71.6 Å². The van der Waals surface area contributed by atoms with E-state index in [0.717, 1.165) is 0 Å². The SMILES string of the molecule is C/C=C(\C)[C@@H](OC(C)=O)[C@@H](C)C1=CC(=O)C2=C(O[C@]3(C)CC[C@H]4O[C@@H](C(C)(C)O)C[C@H](O)[C@]4(C)[C@H]3[C@@H]2O)[C@]1(O)CC(C)=O. The molecule has 0 unspecified atom stereocenters. The van der Waals surface area contributed by atoms with Gasteiger partial charge in [0, 0.05) is 37.0 Å². The van der Waals surface area contributed by atoms with E-state index in [2.05, 4.69) is 0 Å². The summed E-state index contributed by atoms with van der Waals surface area (Å²) in [5.74, 6) is -3.22. The number of ketones is 2. The molecule has 0 aromatic rings. The summed E-state index contributed by atoms with van der Waals surface area (Å²) in [5.41, 5.74) is -4.82. The van der Waals surface area contributed by atoms with Crippen LogP contribution in [-0.4, -0.2) is 85.3 Å². The first-order chi connectivity index (χ1) is 19.7. The number of rotatable bonds is 7. The zero-order valence-electron chi connectivity index (χ0n) is 26.8. The van der Waals surface area contributed by atoms with Crippen LogP contribution in [0.5, 0.6) is 0 Å². The number of Topliss-reactive ketones (excluding diaryl/α,β-unsaturated/α-hetero) is 1. The molecule has 1 saturated heterocycles. The van der Waals surface area contributed by atoms with Gasteiger partial charge in [0.1, 0.15) is 23.2 Å². The van der Waals surface area contributed by atoms with Crippen molar-refractivity contribution in [1.29, 1.82) is 0 Å². The fourth-order valence-electron chi connectivity index (χ4n) is 8.10. The Morgan fingerprint density at radius 1 is 1.21 bits per heavy atom. The number of fused-ring (bicyclic) bond motifs is 3. The topological polar surface area (TPSA) is 160 Å². The largest absolute Gasteiger partial charge is 0.487 e. The van der Waals surface area contributed by atoms with Crippen LogP contribution in [-0.2, 0) is 28.6 Å². The predicted molar refractivity (Wildman–Crippen MR) is 156 cm³/mol. The van der Waals surface area contributed by atoms with Crippen molar-refractivity contribution in [2.24, 2.45) is 17.3 Å². The fraction of sp³-hybridized carbons (Fsp3) is 0.727. The molecule has 2 aliphatic carbocycles. The minimum absolute atomic E-state index is 0.118. The van der Waals surface area contributed by atoms with Crippen LogP contribution in [0.1, 0.15) is 88.0 Å². The Morgan fingerprint density at radius 2 is 1.84 bits per heavy atom. The first-order valence-corrected chi connectivity index (χ1v) is 15.2. The van der Waals surface area contributed by atoms with E-state index >= 15 is 0 Å². The maximum atomic E-state index is 13.9. The lowest BCUT2D eigenvalue weighted by molar-refractivity contribution is -0.294. The quantitative estimate of drug-likeness (QED) is 0.251. The Balaban J connectivity index is 1.84. The summed E-state index contributed by atoms with van der Waals surface area (Å²) in [5, 5.41) is 46.7. The van der Waals surface area contributed by atoms with Crippen molar-refractivity contribution < 1.29 is 49.0 Å². The summed E-state index contributed by atoms with van der Waals surface area (Å²) in [6.45, 7) is 14.7. The lowest BCUT2D eigenvalue weighted by Gasteiger charge is -2.63. The van der Waals surface area contributed by atoms with Crippen molar-refractivity contribution in [3.05, 3.63) is 34.6 Å². The monoisotopic (exact) mass is 604 g/mol. The first kappa shape index (κ1) is 33.5. The Kier molecular flexibility index (Phi) is 8.74. The van der Waals surface area contributed by atoms with E-state index in [1.807, 2.05) is 6.92 Å². The summed E-state index contributed by atoms with van der Waals surface area (Å²) >= 11 is 0. The number of carbonyl (C=O) groups excluding carboxylic acids is 3. The molecule has 4 rings (SSSR count). The van der Waals surface area contributed by atoms with Crippen LogP contribution in [0.15, 0.2) is 34.6 Å². The van der Waals surface area contributed by atoms with E-state index in [1.165, 1.54) is 19.9 Å². The molecule has 2 heterocycles. The highest BCUT2D eigenvalue weighted by Gasteiger charge is 2.68. The molecule has 0 aromatic carbocycles. The molecule has 10 atom stereocenters. The van der Waals surface area contributed by atoms with Crippen LogP contribution < -0.4 is 0 Å². The van der Waals surface area contributed by atoms with Gasteiger partial charge in [-0.25, -0.2) is 0 Å². The number of carbonyl (C=O) groups is 3. The van der Waals surface area contributed by atoms with Crippen molar-refractivity contribution in [1.82, 2.24) is 0 Å². The lowest BCUT2D eigenvalue weighted by atomic mass is 9.51. The fourth-order valence-corrected chi connectivity index (χ4v) is 8.10. The second kappa shape index (κ2) is 11.2. The molecular weight excluding hydrogens is 556 g/mol. The second-order valence-electron chi connectivity index (χ2n) is 14.1. The summed E-state index contributed by atoms with van der Waals surface area (Å²) in [6.07, 6.45) is -0.989. The molecule has 4 aliphatic rings. The minimum atomic E-state index is -2.10. The smallest absolute Gasteiger partial charge is 0.303 e. The highest BCUT2D eigenvalue weighted by Crippen LogP contribution is 2.61. The van der Waals surface area contributed by atoms with E-state index in [-0.39, 0.29) is 29.1 Å². The van der Waals surface area contributed by atoms with E-state index < -0.39 is 82.7 Å². The zero-order chi connectivity index (χ0) is 32.4. The molecule has 0 bridgehead atoms. The van der Waals surface area contributed by atoms with Crippen molar-refractivity contribution in [2.45, 2.75) is 135 Å². The predicted octanol–water partition coefficient (Wildman–Crippen LogP) is 2.85. The van der Waals surface area contributed by atoms with Gasteiger partial charge in [0.05, 0.1) is 35.6 Å². The summed E-state index contributed by atoms with van der Waals surface area (Å²) in [7, 11) is 0.